The van der Waals surface area contributed by atoms with E-state index in [0.717, 1.165) is 24.2 Å². The Labute approximate surface area is 121 Å². The van der Waals surface area contributed by atoms with Crippen LogP contribution >= 0.6 is 0 Å². The topological polar surface area (TPSA) is 62.5 Å². The van der Waals surface area contributed by atoms with Crippen LogP contribution in [0.3, 0.4) is 0 Å². The maximum atomic E-state index is 12.3. The zero-order chi connectivity index (χ0) is 15.3. The van der Waals surface area contributed by atoms with Crippen LogP contribution in [0.4, 0.5) is 0 Å². The van der Waals surface area contributed by atoms with Crippen molar-refractivity contribution >= 4 is 5.91 Å². The Morgan fingerprint density at radius 1 is 1.20 bits per heavy atom. The van der Waals surface area contributed by atoms with E-state index in [-0.39, 0.29) is 17.9 Å². The van der Waals surface area contributed by atoms with Crippen molar-refractivity contribution in [1.29, 1.82) is 0 Å². The van der Waals surface area contributed by atoms with Crippen LogP contribution in [0, 0.1) is 26.2 Å². The van der Waals surface area contributed by atoms with Gasteiger partial charge in [0.05, 0.1) is 5.56 Å². The highest BCUT2D eigenvalue weighted by atomic mass is 16.3. The molecule has 0 aliphatic carbocycles. The van der Waals surface area contributed by atoms with Crippen LogP contribution < -0.4 is 5.32 Å². The number of aliphatic hydroxyl groups is 1. The van der Waals surface area contributed by atoms with Gasteiger partial charge >= 0.3 is 0 Å². The van der Waals surface area contributed by atoms with Crippen LogP contribution in [0.5, 0.6) is 0 Å². The van der Waals surface area contributed by atoms with E-state index in [2.05, 4.69) is 19.2 Å². The standard InChI is InChI=1S/C16H27NO3/c1-6-16(7-2,8-9-18)10-17-15(19)14-11(3)12(4)20-13(14)5/h18H,6-10H2,1-5H3,(H,17,19). The van der Waals surface area contributed by atoms with E-state index in [1.807, 2.05) is 20.8 Å². The third kappa shape index (κ3) is 3.42. The fourth-order valence-electron chi connectivity index (χ4n) is 2.66. The Balaban J connectivity index is 2.80. The monoisotopic (exact) mass is 281 g/mol. The minimum absolute atomic E-state index is 0.0228. The van der Waals surface area contributed by atoms with Gasteiger partial charge in [-0.05, 0) is 45.4 Å². The Kier molecular flexibility index (Phi) is 5.81. The van der Waals surface area contributed by atoms with Crippen LogP contribution in [-0.2, 0) is 0 Å². The predicted molar refractivity (Wildman–Crippen MR) is 80.0 cm³/mol. The fourth-order valence-corrected chi connectivity index (χ4v) is 2.66. The molecule has 1 amide bonds. The summed E-state index contributed by atoms with van der Waals surface area (Å²) in [6.45, 7) is 10.5. The summed E-state index contributed by atoms with van der Waals surface area (Å²) in [5.74, 6) is 1.37. The molecule has 114 valence electrons. The van der Waals surface area contributed by atoms with Crippen molar-refractivity contribution in [1.82, 2.24) is 5.32 Å². The van der Waals surface area contributed by atoms with E-state index in [9.17, 15) is 9.90 Å². The molecule has 0 spiro atoms. The van der Waals surface area contributed by atoms with E-state index in [1.165, 1.54) is 0 Å². The first-order valence-electron chi connectivity index (χ1n) is 7.36. The summed E-state index contributed by atoms with van der Waals surface area (Å²) in [6.07, 6.45) is 2.59. The zero-order valence-corrected chi connectivity index (χ0v) is 13.3. The van der Waals surface area contributed by atoms with Gasteiger partial charge in [-0.3, -0.25) is 4.79 Å². The first kappa shape index (κ1) is 16.8. The summed E-state index contributed by atoms with van der Waals surface area (Å²) < 4.78 is 5.50. The van der Waals surface area contributed by atoms with Gasteiger partial charge in [-0.2, -0.15) is 0 Å². The van der Waals surface area contributed by atoms with Crippen molar-refractivity contribution in [3.8, 4) is 0 Å². The molecule has 1 heterocycles. The SMILES string of the molecule is CCC(CC)(CCO)CNC(=O)c1c(C)oc(C)c1C. The Hall–Kier alpha value is -1.29. The molecule has 2 N–H and O–H groups in total. The van der Waals surface area contributed by atoms with Gasteiger partial charge in [0.15, 0.2) is 0 Å². The number of hydrogen-bond acceptors (Lipinski definition) is 3. The first-order chi connectivity index (χ1) is 9.40. The molecule has 0 aromatic carbocycles. The highest BCUT2D eigenvalue weighted by Gasteiger charge is 2.27. The molecule has 4 heteroatoms. The lowest BCUT2D eigenvalue weighted by molar-refractivity contribution is 0.0905. The van der Waals surface area contributed by atoms with Crippen LogP contribution in [0.25, 0.3) is 0 Å². The summed E-state index contributed by atoms with van der Waals surface area (Å²) in [7, 11) is 0. The van der Waals surface area contributed by atoms with Gasteiger partial charge < -0.3 is 14.8 Å². The third-order valence-electron chi connectivity index (χ3n) is 4.55. The van der Waals surface area contributed by atoms with Crippen LogP contribution in [0.15, 0.2) is 4.42 Å². The number of aryl methyl sites for hydroxylation is 2. The van der Waals surface area contributed by atoms with E-state index in [4.69, 9.17) is 4.42 Å². The molecular weight excluding hydrogens is 254 g/mol. The number of aliphatic hydroxyl groups excluding tert-OH is 1. The van der Waals surface area contributed by atoms with Gasteiger partial charge in [0.2, 0.25) is 0 Å². The third-order valence-corrected chi connectivity index (χ3v) is 4.55. The highest BCUT2D eigenvalue weighted by molar-refractivity contribution is 5.96. The molecule has 0 radical (unpaired) electrons. The summed E-state index contributed by atoms with van der Waals surface area (Å²) in [4.78, 5) is 12.3. The van der Waals surface area contributed by atoms with Gasteiger partial charge in [0.25, 0.3) is 5.91 Å². The number of nitrogens with one attached hydrogen (secondary N) is 1. The summed E-state index contributed by atoms with van der Waals surface area (Å²) in [5.41, 5.74) is 1.53. The minimum atomic E-state index is -0.0823. The van der Waals surface area contributed by atoms with E-state index in [1.54, 1.807) is 0 Å². The molecule has 1 aromatic heterocycles. The molecular formula is C16H27NO3. The second-order valence-electron chi connectivity index (χ2n) is 5.58. The Morgan fingerprint density at radius 2 is 1.80 bits per heavy atom. The average Bonchev–Trinajstić information content (AvgIpc) is 2.68. The number of carbonyl (C=O) groups excluding carboxylic acids is 1. The fraction of sp³-hybridized carbons (Fsp3) is 0.688. The van der Waals surface area contributed by atoms with Gasteiger partial charge in [0, 0.05) is 18.7 Å². The summed E-state index contributed by atoms with van der Waals surface area (Å²) >= 11 is 0. The van der Waals surface area contributed by atoms with E-state index >= 15 is 0 Å². The lowest BCUT2D eigenvalue weighted by atomic mass is 9.79. The van der Waals surface area contributed by atoms with Gasteiger partial charge in [-0.1, -0.05) is 13.8 Å². The minimum Gasteiger partial charge on any atom is -0.466 e. The Morgan fingerprint density at radius 3 is 2.20 bits per heavy atom. The lowest BCUT2D eigenvalue weighted by Gasteiger charge is -2.31. The highest BCUT2D eigenvalue weighted by Crippen LogP contribution is 2.29. The van der Waals surface area contributed by atoms with Crippen molar-refractivity contribution in [3.05, 3.63) is 22.6 Å². The molecule has 4 nitrogen and oxygen atoms in total. The van der Waals surface area contributed by atoms with Gasteiger partial charge in [0.1, 0.15) is 11.5 Å². The number of furan rings is 1. The zero-order valence-electron chi connectivity index (χ0n) is 13.3. The predicted octanol–water partition coefficient (Wildman–Crippen LogP) is 3.12. The second-order valence-corrected chi connectivity index (χ2v) is 5.58. The maximum Gasteiger partial charge on any atom is 0.255 e. The summed E-state index contributed by atoms with van der Waals surface area (Å²) in [5, 5.41) is 12.2. The van der Waals surface area contributed by atoms with Crippen molar-refractivity contribution in [3.63, 3.8) is 0 Å². The van der Waals surface area contributed by atoms with Crippen LogP contribution in [0.2, 0.25) is 0 Å². The number of carbonyl (C=O) groups is 1. The molecule has 0 saturated heterocycles. The molecule has 0 saturated carbocycles. The lowest BCUT2D eigenvalue weighted by Crippen LogP contribution is -2.38. The van der Waals surface area contributed by atoms with Crippen molar-refractivity contribution in [2.45, 2.75) is 53.9 Å². The molecule has 0 bridgehead atoms. The number of amides is 1. The van der Waals surface area contributed by atoms with Gasteiger partial charge in [-0.15, -0.1) is 0 Å². The number of hydrogen-bond donors (Lipinski definition) is 2. The quantitative estimate of drug-likeness (QED) is 0.807. The smallest absolute Gasteiger partial charge is 0.255 e. The van der Waals surface area contributed by atoms with Crippen molar-refractivity contribution in [2.75, 3.05) is 13.2 Å². The molecule has 20 heavy (non-hydrogen) atoms. The summed E-state index contributed by atoms with van der Waals surface area (Å²) in [6, 6.07) is 0. The number of rotatable bonds is 7. The van der Waals surface area contributed by atoms with Crippen LogP contribution in [-0.4, -0.2) is 24.2 Å². The molecule has 0 atom stereocenters. The first-order valence-corrected chi connectivity index (χ1v) is 7.36. The maximum absolute atomic E-state index is 12.3. The average molecular weight is 281 g/mol. The van der Waals surface area contributed by atoms with Crippen LogP contribution in [0.1, 0.15) is 60.6 Å². The molecule has 1 aromatic rings. The molecule has 1 rings (SSSR count). The molecule has 0 aliphatic heterocycles. The second kappa shape index (κ2) is 6.93. The van der Waals surface area contributed by atoms with Crippen molar-refractivity contribution in [2.24, 2.45) is 5.41 Å². The normalized spacial score (nSPS) is 11.7. The van der Waals surface area contributed by atoms with Gasteiger partial charge in [-0.25, -0.2) is 0 Å². The molecule has 0 aliphatic rings. The van der Waals surface area contributed by atoms with Crippen molar-refractivity contribution < 1.29 is 14.3 Å². The molecule has 0 fully saturated rings. The van der Waals surface area contributed by atoms with E-state index in [0.29, 0.717) is 24.3 Å². The van der Waals surface area contributed by atoms with E-state index < -0.39 is 0 Å². The Bertz CT molecular complexity index is 459. The largest absolute Gasteiger partial charge is 0.466 e. The molecule has 0 unspecified atom stereocenters.